The molecule has 6 heteroatoms. The van der Waals surface area contributed by atoms with Crippen LogP contribution in [-0.2, 0) is 17.6 Å². The molecule has 0 aliphatic carbocycles. The smallest absolute Gasteiger partial charge is 0.225 e. The zero-order valence-corrected chi connectivity index (χ0v) is 17.7. The van der Waals surface area contributed by atoms with E-state index in [0.29, 0.717) is 12.3 Å². The zero-order valence-electron chi connectivity index (χ0n) is 17.7. The Labute approximate surface area is 173 Å². The average Bonchev–Trinajstić information content (AvgIpc) is 3.13. The molecule has 0 spiro atoms. The summed E-state index contributed by atoms with van der Waals surface area (Å²) in [6.45, 7) is 6.48. The number of pyridine rings is 1. The van der Waals surface area contributed by atoms with E-state index in [0.717, 1.165) is 29.8 Å². The molecule has 1 aromatic carbocycles. The molecule has 3 N–H and O–H groups in total. The molecule has 0 radical (unpaired) electrons. The summed E-state index contributed by atoms with van der Waals surface area (Å²) in [7, 11) is 1.90. The summed E-state index contributed by atoms with van der Waals surface area (Å²) in [6.07, 6.45) is 6.23. The Hall–Kier alpha value is -2.86. The second-order valence-electron chi connectivity index (χ2n) is 7.85. The summed E-state index contributed by atoms with van der Waals surface area (Å²) in [5.41, 5.74) is 11.3. The fourth-order valence-corrected chi connectivity index (χ4v) is 3.34. The SMILES string of the molecule is CCCc1ccc([C@H](NC(=O)Cc2ccc(C(C)C)cc2)C2=CN(C)NN2)nc1. The monoisotopic (exact) mass is 393 g/mol. The van der Waals surface area contributed by atoms with Gasteiger partial charge < -0.3 is 10.7 Å². The highest BCUT2D eigenvalue weighted by molar-refractivity contribution is 5.79. The normalized spacial score (nSPS) is 14.5. The molecule has 2 aromatic rings. The summed E-state index contributed by atoms with van der Waals surface area (Å²) < 4.78 is 0. The minimum atomic E-state index is -0.342. The van der Waals surface area contributed by atoms with Crippen molar-refractivity contribution in [3.8, 4) is 0 Å². The van der Waals surface area contributed by atoms with Crippen LogP contribution in [0.4, 0.5) is 0 Å². The molecular weight excluding hydrogens is 362 g/mol. The predicted molar refractivity (Wildman–Crippen MR) is 115 cm³/mol. The van der Waals surface area contributed by atoms with E-state index in [9.17, 15) is 4.79 Å². The minimum Gasteiger partial charge on any atom is -0.342 e. The predicted octanol–water partition coefficient (Wildman–Crippen LogP) is 3.35. The van der Waals surface area contributed by atoms with Crippen molar-refractivity contribution in [3.05, 3.63) is 76.9 Å². The van der Waals surface area contributed by atoms with Crippen LogP contribution in [0.5, 0.6) is 0 Å². The number of hydrogen-bond acceptors (Lipinski definition) is 5. The van der Waals surface area contributed by atoms with Crippen molar-refractivity contribution in [2.24, 2.45) is 0 Å². The first-order chi connectivity index (χ1) is 14.0. The minimum absolute atomic E-state index is 0.0380. The standard InChI is InChI=1S/C23H31N5O/c1-5-6-18-9-12-20(24-14-18)23(21-15-28(4)27-26-21)25-22(29)13-17-7-10-19(11-8-17)16(2)3/h7-12,14-16,23,26-27H,5-6,13H2,1-4H3,(H,25,29)/t23-/m0/s1. The molecule has 0 unspecified atom stereocenters. The number of carbonyl (C=O) groups excluding carboxylic acids is 1. The molecule has 2 heterocycles. The average molecular weight is 394 g/mol. The molecule has 0 fully saturated rings. The lowest BCUT2D eigenvalue weighted by Gasteiger charge is -2.20. The maximum atomic E-state index is 12.8. The number of nitrogens with zero attached hydrogens (tertiary/aromatic N) is 2. The van der Waals surface area contributed by atoms with Gasteiger partial charge in [0.15, 0.2) is 0 Å². The maximum Gasteiger partial charge on any atom is 0.225 e. The van der Waals surface area contributed by atoms with Gasteiger partial charge in [0.1, 0.15) is 6.04 Å². The summed E-state index contributed by atoms with van der Waals surface area (Å²) in [5, 5.41) is 4.94. The largest absolute Gasteiger partial charge is 0.342 e. The summed E-state index contributed by atoms with van der Waals surface area (Å²) in [6, 6.07) is 12.0. The third-order valence-corrected chi connectivity index (χ3v) is 5.02. The van der Waals surface area contributed by atoms with E-state index in [1.165, 1.54) is 11.1 Å². The third kappa shape index (κ3) is 5.57. The van der Waals surface area contributed by atoms with Gasteiger partial charge in [0.2, 0.25) is 5.91 Å². The number of aromatic nitrogens is 1. The number of hydrogen-bond donors (Lipinski definition) is 3. The van der Waals surface area contributed by atoms with E-state index in [1.54, 1.807) is 0 Å². The first-order valence-corrected chi connectivity index (χ1v) is 10.3. The van der Waals surface area contributed by atoms with Gasteiger partial charge in [0.25, 0.3) is 0 Å². The number of benzene rings is 1. The first kappa shape index (κ1) is 20.9. The van der Waals surface area contributed by atoms with Crippen LogP contribution in [0, 0.1) is 0 Å². The van der Waals surface area contributed by atoms with E-state index in [1.807, 2.05) is 42.7 Å². The lowest BCUT2D eigenvalue weighted by atomic mass is 10.0. The molecule has 1 amide bonds. The number of carbonyl (C=O) groups is 1. The molecule has 0 saturated heterocycles. The summed E-state index contributed by atoms with van der Waals surface area (Å²) in [5.74, 6) is 0.442. The van der Waals surface area contributed by atoms with Crippen LogP contribution in [0.25, 0.3) is 0 Å². The highest BCUT2D eigenvalue weighted by atomic mass is 16.1. The molecule has 1 aliphatic rings. The van der Waals surface area contributed by atoms with Crippen molar-refractivity contribution in [2.75, 3.05) is 7.05 Å². The quantitative estimate of drug-likeness (QED) is 0.642. The van der Waals surface area contributed by atoms with Gasteiger partial charge in [-0.15, -0.1) is 5.53 Å². The number of nitrogens with one attached hydrogen (secondary N) is 3. The second-order valence-corrected chi connectivity index (χ2v) is 7.85. The van der Waals surface area contributed by atoms with E-state index >= 15 is 0 Å². The molecule has 3 rings (SSSR count). The Morgan fingerprint density at radius 1 is 1.14 bits per heavy atom. The molecule has 1 aromatic heterocycles. The van der Waals surface area contributed by atoms with Crippen molar-refractivity contribution in [3.63, 3.8) is 0 Å². The highest BCUT2D eigenvalue weighted by Gasteiger charge is 2.24. The number of rotatable bonds is 8. The zero-order chi connectivity index (χ0) is 20.8. The van der Waals surface area contributed by atoms with Crippen LogP contribution in [0.2, 0.25) is 0 Å². The van der Waals surface area contributed by atoms with Gasteiger partial charge in [-0.1, -0.05) is 57.5 Å². The highest BCUT2D eigenvalue weighted by Crippen LogP contribution is 2.21. The topological polar surface area (TPSA) is 69.3 Å². The van der Waals surface area contributed by atoms with Crippen LogP contribution in [0.15, 0.2) is 54.5 Å². The molecule has 1 atom stereocenters. The Bertz CT molecular complexity index is 843. The summed E-state index contributed by atoms with van der Waals surface area (Å²) in [4.78, 5) is 17.4. The third-order valence-electron chi connectivity index (χ3n) is 5.02. The van der Waals surface area contributed by atoms with Crippen LogP contribution < -0.4 is 16.3 Å². The van der Waals surface area contributed by atoms with Gasteiger partial charge in [-0.3, -0.25) is 14.8 Å². The van der Waals surface area contributed by atoms with Gasteiger partial charge >= 0.3 is 0 Å². The number of aryl methyl sites for hydroxylation is 1. The van der Waals surface area contributed by atoms with Gasteiger partial charge in [-0.05, 0) is 35.1 Å². The molecule has 29 heavy (non-hydrogen) atoms. The molecule has 1 aliphatic heterocycles. The fourth-order valence-electron chi connectivity index (χ4n) is 3.34. The van der Waals surface area contributed by atoms with E-state index in [-0.39, 0.29) is 11.9 Å². The summed E-state index contributed by atoms with van der Waals surface area (Å²) >= 11 is 0. The molecule has 0 bridgehead atoms. The van der Waals surface area contributed by atoms with Crippen LogP contribution in [0.3, 0.4) is 0 Å². The number of hydrazine groups is 2. The molecule has 154 valence electrons. The second kappa shape index (κ2) is 9.56. The van der Waals surface area contributed by atoms with Crippen molar-refractivity contribution in [2.45, 2.75) is 52.0 Å². The molecule has 0 saturated carbocycles. The fraction of sp³-hybridized carbons (Fsp3) is 0.391. The van der Waals surface area contributed by atoms with Gasteiger partial charge in [0, 0.05) is 19.4 Å². The van der Waals surface area contributed by atoms with Gasteiger partial charge in [-0.25, -0.2) is 0 Å². The Balaban J connectivity index is 1.74. The Morgan fingerprint density at radius 3 is 2.41 bits per heavy atom. The van der Waals surface area contributed by atoms with Gasteiger partial charge in [0.05, 0.1) is 17.8 Å². The number of amides is 1. The van der Waals surface area contributed by atoms with Crippen LogP contribution in [-0.4, -0.2) is 22.9 Å². The van der Waals surface area contributed by atoms with Crippen LogP contribution >= 0.6 is 0 Å². The van der Waals surface area contributed by atoms with Gasteiger partial charge in [-0.2, -0.15) is 0 Å². The Morgan fingerprint density at radius 2 is 1.86 bits per heavy atom. The van der Waals surface area contributed by atoms with E-state index < -0.39 is 0 Å². The van der Waals surface area contributed by atoms with E-state index in [2.05, 4.69) is 60.2 Å². The maximum absolute atomic E-state index is 12.8. The first-order valence-electron chi connectivity index (χ1n) is 10.3. The Kier molecular flexibility index (Phi) is 6.88. The van der Waals surface area contributed by atoms with Crippen molar-refractivity contribution in [1.82, 2.24) is 26.3 Å². The molecular formula is C23H31N5O. The van der Waals surface area contributed by atoms with Crippen LogP contribution in [0.1, 0.15) is 61.5 Å². The lowest BCUT2D eigenvalue weighted by molar-refractivity contribution is -0.121. The van der Waals surface area contributed by atoms with Crippen molar-refractivity contribution < 1.29 is 4.79 Å². The van der Waals surface area contributed by atoms with Crippen molar-refractivity contribution in [1.29, 1.82) is 0 Å². The van der Waals surface area contributed by atoms with E-state index in [4.69, 9.17) is 0 Å². The lowest BCUT2D eigenvalue weighted by Crippen LogP contribution is -2.38. The molecule has 6 nitrogen and oxygen atoms in total. The van der Waals surface area contributed by atoms with Crippen molar-refractivity contribution >= 4 is 5.91 Å².